The Morgan fingerprint density at radius 2 is 2.00 bits per heavy atom. The van der Waals surface area contributed by atoms with E-state index in [0.29, 0.717) is 54.0 Å². The Hall–Kier alpha value is -4.44. The molecular formula is C27H29N7O3. The molecule has 1 aliphatic rings. The predicted octanol–water partition coefficient (Wildman–Crippen LogP) is 4.11. The molecule has 3 N–H and O–H groups in total. The number of amides is 1. The summed E-state index contributed by atoms with van der Waals surface area (Å²) in [6, 6.07) is 11.7. The number of pyridine rings is 2. The monoisotopic (exact) mass is 499 g/mol. The second-order valence-electron chi connectivity index (χ2n) is 8.81. The Kier molecular flexibility index (Phi) is 6.74. The van der Waals surface area contributed by atoms with E-state index in [2.05, 4.69) is 32.1 Å². The molecule has 0 spiro atoms. The zero-order chi connectivity index (χ0) is 25.9. The molecule has 0 atom stereocenters. The summed E-state index contributed by atoms with van der Waals surface area (Å²) in [7, 11) is 5.09. The van der Waals surface area contributed by atoms with E-state index >= 15 is 0 Å². The molecule has 190 valence electrons. The van der Waals surface area contributed by atoms with Crippen molar-refractivity contribution in [1.82, 2.24) is 25.1 Å². The average Bonchev–Trinajstić information content (AvgIpc) is 3.33. The Bertz CT molecular complexity index is 1460. The van der Waals surface area contributed by atoms with Crippen molar-refractivity contribution in [2.75, 3.05) is 31.4 Å². The minimum Gasteiger partial charge on any atom is -0.494 e. The van der Waals surface area contributed by atoms with Crippen molar-refractivity contribution in [3.8, 4) is 17.0 Å². The lowest BCUT2D eigenvalue weighted by atomic mass is 10.0. The number of hydrogen-bond donors (Lipinski definition) is 3. The fourth-order valence-electron chi connectivity index (χ4n) is 4.26. The molecule has 10 heteroatoms. The van der Waals surface area contributed by atoms with Crippen LogP contribution in [0.25, 0.3) is 11.3 Å². The zero-order valence-corrected chi connectivity index (χ0v) is 21.3. The van der Waals surface area contributed by atoms with Gasteiger partial charge in [0.1, 0.15) is 11.6 Å². The highest BCUT2D eigenvalue weighted by atomic mass is 16.5. The number of nitrogens with one attached hydrogen (secondary N) is 3. The fraction of sp³-hybridized carbons (Fsp3) is 0.259. The summed E-state index contributed by atoms with van der Waals surface area (Å²) >= 11 is 0. The molecule has 1 aromatic carbocycles. The number of carbonyl (C=O) groups excluding carboxylic acids is 1. The summed E-state index contributed by atoms with van der Waals surface area (Å²) < 4.78 is 13.6. The molecule has 0 unspecified atom stereocenters. The molecule has 0 radical (unpaired) electrons. The van der Waals surface area contributed by atoms with Crippen molar-refractivity contribution in [1.29, 1.82) is 0 Å². The molecule has 5 rings (SSSR count). The molecule has 0 saturated carbocycles. The van der Waals surface area contributed by atoms with Gasteiger partial charge >= 0.3 is 0 Å². The third kappa shape index (κ3) is 5.10. The van der Waals surface area contributed by atoms with Crippen LogP contribution in [0.15, 0.2) is 48.8 Å². The van der Waals surface area contributed by atoms with Crippen LogP contribution >= 0.6 is 0 Å². The van der Waals surface area contributed by atoms with Crippen LogP contribution in [0.5, 0.6) is 5.75 Å². The van der Waals surface area contributed by atoms with Crippen LogP contribution in [-0.4, -0.2) is 46.4 Å². The summed E-state index contributed by atoms with van der Waals surface area (Å²) in [6.45, 7) is 2.91. The largest absolute Gasteiger partial charge is 0.494 e. The van der Waals surface area contributed by atoms with Gasteiger partial charge in [0.25, 0.3) is 5.91 Å². The summed E-state index contributed by atoms with van der Waals surface area (Å²) in [6.07, 6.45) is 4.09. The number of benzene rings is 1. The maximum Gasteiger partial charge on any atom is 0.254 e. The van der Waals surface area contributed by atoms with Gasteiger partial charge in [-0.25, -0.2) is 9.97 Å². The summed E-state index contributed by atoms with van der Waals surface area (Å²) in [5.74, 6) is 1.53. The quantitative estimate of drug-likeness (QED) is 0.386. The van der Waals surface area contributed by atoms with E-state index < -0.39 is 0 Å². The van der Waals surface area contributed by atoms with Gasteiger partial charge in [-0.05, 0) is 48.7 Å². The van der Waals surface area contributed by atoms with Crippen LogP contribution in [0, 0.1) is 6.92 Å². The summed E-state index contributed by atoms with van der Waals surface area (Å²) in [4.78, 5) is 21.9. The van der Waals surface area contributed by atoms with Crippen LogP contribution in [0.2, 0.25) is 0 Å². The van der Waals surface area contributed by atoms with Gasteiger partial charge in [-0.2, -0.15) is 5.10 Å². The molecule has 0 fully saturated rings. The molecule has 0 aliphatic carbocycles. The molecule has 6 bridgehead atoms. The number of anilines is 4. The van der Waals surface area contributed by atoms with Crippen LogP contribution in [-0.2, 0) is 24.8 Å². The standard InChI is InChI=1S/C27H29N7O3/c1-16-5-6-24-31-23(16)15-37-10-8-17-11-18(20-7-9-34(3)33-20)26(36-4)22(12-17)30-21-13-25(32-24)29-14-19(21)27(35)28-2/h5-7,9,11-14,30H,8,10,15H2,1-4H3,(H,28,35)(H,29,31,32). The van der Waals surface area contributed by atoms with Crippen molar-refractivity contribution in [3.63, 3.8) is 0 Å². The number of carbonyl (C=O) groups is 1. The Labute approximate surface area is 215 Å². The van der Waals surface area contributed by atoms with Gasteiger partial charge in [0.15, 0.2) is 5.75 Å². The molecule has 10 nitrogen and oxygen atoms in total. The fourth-order valence-corrected chi connectivity index (χ4v) is 4.26. The molecule has 4 aromatic rings. The zero-order valence-electron chi connectivity index (χ0n) is 21.3. The summed E-state index contributed by atoms with van der Waals surface area (Å²) in [5, 5.41) is 14.0. The van der Waals surface area contributed by atoms with Gasteiger partial charge in [0.2, 0.25) is 0 Å². The lowest BCUT2D eigenvalue weighted by molar-refractivity contribution is 0.0963. The number of hydrogen-bond acceptors (Lipinski definition) is 8. The number of aromatic nitrogens is 4. The second-order valence-corrected chi connectivity index (χ2v) is 8.81. The van der Waals surface area contributed by atoms with E-state index in [9.17, 15) is 4.79 Å². The van der Waals surface area contributed by atoms with E-state index in [-0.39, 0.29) is 5.91 Å². The predicted molar refractivity (Wildman–Crippen MR) is 142 cm³/mol. The van der Waals surface area contributed by atoms with Crippen molar-refractivity contribution in [2.45, 2.75) is 20.0 Å². The number of rotatable bonds is 3. The minimum atomic E-state index is -0.260. The molecule has 3 aromatic heterocycles. The third-order valence-corrected chi connectivity index (χ3v) is 6.22. The topological polar surface area (TPSA) is 115 Å². The molecule has 1 aliphatic heterocycles. The first kappa shape index (κ1) is 24.3. The number of ether oxygens (including phenoxy) is 2. The van der Waals surface area contributed by atoms with E-state index in [4.69, 9.17) is 14.5 Å². The first-order chi connectivity index (χ1) is 17.9. The molecule has 0 saturated heterocycles. The molecule has 4 heterocycles. The Morgan fingerprint density at radius 1 is 1.14 bits per heavy atom. The first-order valence-corrected chi connectivity index (χ1v) is 12.0. The maximum atomic E-state index is 12.7. The lowest BCUT2D eigenvalue weighted by Gasteiger charge is -2.18. The third-order valence-electron chi connectivity index (χ3n) is 6.22. The Balaban J connectivity index is 1.67. The lowest BCUT2D eigenvalue weighted by Crippen LogP contribution is -2.19. The van der Waals surface area contributed by atoms with Crippen LogP contribution in [0.4, 0.5) is 23.0 Å². The average molecular weight is 500 g/mol. The van der Waals surface area contributed by atoms with Crippen LogP contribution in [0.3, 0.4) is 0 Å². The second kappa shape index (κ2) is 10.3. The normalized spacial score (nSPS) is 13.0. The number of fused-ring (bicyclic) bond motifs is 6. The van der Waals surface area contributed by atoms with Gasteiger partial charge in [-0.3, -0.25) is 9.48 Å². The van der Waals surface area contributed by atoms with Crippen molar-refractivity contribution in [3.05, 3.63) is 71.2 Å². The minimum absolute atomic E-state index is 0.260. The molecule has 37 heavy (non-hydrogen) atoms. The van der Waals surface area contributed by atoms with Gasteiger partial charge in [-0.15, -0.1) is 0 Å². The van der Waals surface area contributed by atoms with E-state index in [1.165, 1.54) is 6.20 Å². The van der Waals surface area contributed by atoms with E-state index in [1.807, 2.05) is 44.4 Å². The highest BCUT2D eigenvalue weighted by Gasteiger charge is 2.19. The number of nitrogens with zero attached hydrogens (tertiary/aromatic N) is 4. The molecular weight excluding hydrogens is 470 g/mol. The first-order valence-electron chi connectivity index (χ1n) is 12.0. The number of methoxy groups -OCH3 is 1. The van der Waals surface area contributed by atoms with Crippen molar-refractivity contribution >= 4 is 28.9 Å². The SMILES string of the molecule is CNC(=O)c1cnc2cc1Nc1cc(cc(-c3ccn(C)n3)c1OC)CCOCc1nc(ccc1C)N2. The highest BCUT2D eigenvalue weighted by molar-refractivity contribution is 6.00. The molecule has 1 amide bonds. The van der Waals surface area contributed by atoms with Crippen LogP contribution in [0.1, 0.15) is 27.2 Å². The van der Waals surface area contributed by atoms with Gasteiger partial charge in [0, 0.05) is 38.1 Å². The smallest absolute Gasteiger partial charge is 0.254 e. The summed E-state index contributed by atoms with van der Waals surface area (Å²) in [5.41, 5.74) is 6.21. The Morgan fingerprint density at radius 3 is 2.76 bits per heavy atom. The van der Waals surface area contributed by atoms with Crippen LogP contribution < -0.4 is 20.7 Å². The van der Waals surface area contributed by atoms with E-state index in [0.717, 1.165) is 28.1 Å². The van der Waals surface area contributed by atoms with Gasteiger partial charge in [-0.1, -0.05) is 6.07 Å². The van der Waals surface area contributed by atoms with Crippen molar-refractivity contribution < 1.29 is 14.3 Å². The maximum absolute atomic E-state index is 12.7. The van der Waals surface area contributed by atoms with Gasteiger partial charge < -0.3 is 25.4 Å². The van der Waals surface area contributed by atoms with Gasteiger partial charge in [0.05, 0.1) is 48.6 Å². The van der Waals surface area contributed by atoms with Crippen molar-refractivity contribution in [2.24, 2.45) is 7.05 Å². The van der Waals surface area contributed by atoms with E-state index in [1.54, 1.807) is 24.9 Å². The highest BCUT2D eigenvalue weighted by Crippen LogP contribution is 2.39. The number of aryl methyl sites for hydroxylation is 2.